The first-order valence-electron chi connectivity index (χ1n) is 7.29. The largest absolute Gasteiger partial charge is 0.463 e. The Hall–Kier alpha value is -2.20. The minimum Gasteiger partial charge on any atom is -0.463 e. The number of rotatable bonds is 3. The molecule has 0 unspecified atom stereocenters. The number of hydrogen-bond acceptors (Lipinski definition) is 4. The quantitative estimate of drug-likeness (QED) is 0.642. The van der Waals surface area contributed by atoms with Gasteiger partial charge in [0.1, 0.15) is 0 Å². The molecular formula is C18H16O3S. The molecule has 0 fully saturated rings. The number of ether oxygens (including phenoxy) is 1. The number of thiophene rings is 1. The number of carbonyl (C=O) groups is 2. The fourth-order valence-electron chi connectivity index (χ4n) is 2.60. The van der Waals surface area contributed by atoms with E-state index in [1.807, 2.05) is 30.3 Å². The second-order valence-corrected chi connectivity index (χ2v) is 6.16. The van der Waals surface area contributed by atoms with Gasteiger partial charge in [-0.2, -0.15) is 0 Å². The van der Waals surface area contributed by atoms with E-state index in [1.165, 1.54) is 17.4 Å². The summed E-state index contributed by atoms with van der Waals surface area (Å²) in [7, 11) is 0. The Morgan fingerprint density at radius 1 is 1.27 bits per heavy atom. The Bertz CT molecular complexity index is 755. The second-order valence-electron chi connectivity index (χ2n) is 5.07. The molecule has 0 radical (unpaired) electrons. The lowest BCUT2D eigenvalue weighted by Crippen LogP contribution is -2.01. The molecule has 0 saturated carbocycles. The van der Waals surface area contributed by atoms with Crippen LogP contribution in [-0.2, 0) is 22.4 Å². The van der Waals surface area contributed by atoms with Crippen molar-refractivity contribution >= 4 is 29.2 Å². The second kappa shape index (κ2) is 6.28. The third kappa shape index (κ3) is 2.88. The maximum Gasteiger partial charge on any atom is 0.330 e. The number of carbonyl (C=O) groups excluding carboxylic acids is 2. The molecule has 1 aromatic carbocycles. The summed E-state index contributed by atoms with van der Waals surface area (Å²) in [6, 6.07) is 9.78. The molecule has 22 heavy (non-hydrogen) atoms. The van der Waals surface area contributed by atoms with Gasteiger partial charge in [-0.3, -0.25) is 4.79 Å². The van der Waals surface area contributed by atoms with E-state index in [0.717, 1.165) is 39.3 Å². The molecule has 1 aliphatic rings. The highest BCUT2D eigenvalue weighted by molar-refractivity contribution is 7.15. The van der Waals surface area contributed by atoms with Gasteiger partial charge in [0, 0.05) is 16.5 Å². The van der Waals surface area contributed by atoms with E-state index < -0.39 is 0 Å². The standard InChI is InChI=1S/C18H16O3S/c1-2-21-16(19)10-9-14-11-13-8-7-12-5-3-4-6-15(12)17(20)18(13)22-14/h3-6,9-11H,2,7-8H2,1H3/b10-9+. The number of benzene rings is 1. The lowest BCUT2D eigenvalue weighted by molar-refractivity contribution is -0.137. The van der Waals surface area contributed by atoms with Crippen molar-refractivity contribution in [2.45, 2.75) is 19.8 Å². The zero-order chi connectivity index (χ0) is 15.5. The van der Waals surface area contributed by atoms with Crippen molar-refractivity contribution in [3.63, 3.8) is 0 Å². The van der Waals surface area contributed by atoms with Gasteiger partial charge in [0.15, 0.2) is 0 Å². The summed E-state index contributed by atoms with van der Waals surface area (Å²) < 4.78 is 4.87. The minimum atomic E-state index is -0.359. The van der Waals surface area contributed by atoms with E-state index in [2.05, 4.69) is 0 Å². The van der Waals surface area contributed by atoms with Crippen molar-refractivity contribution in [3.8, 4) is 0 Å². The molecule has 0 bridgehead atoms. The van der Waals surface area contributed by atoms with Crippen LogP contribution < -0.4 is 0 Å². The first kappa shape index (κ1) is 14.7. The molecule has 0 spiro atoms. The molecule has 1 aromatic heterocycles. The van der Waals surface area contributed by atoms with Gasteiger partial charge in [-0.05, 0) is 43.0 Å². The summed E-state index contributed by atoms with van der Waals surface area (Å²) in [5.74, 6) is -0.272. The van der Waals surface area contributed by atoms with Crippen molar-refractivity contribution < 1.29 is 14.3 Å². The van der Waals surface area contributed by atoms with Crippen LogP contribution in [0.1, 0.15) is 38.2 Å². The molecule has 0 N–H and O–H groups in total. The Morgan fingerprint density at radius 2 is 2.05 bits per heavy atom. The fraction of sp³-hybridized carbons (Fsp3) is 0.222. The van der Waals surface area contributed by atoms with Gasteiger partial charge >= 0.3 is 5.97 Å². The SMILES string of the molecule is CCOC(=O)/C=C/c1cc2c(s1)C(=O)c1ccccc1CC2. The van der Waals surface area contributed by atoms with Gasteiger partial charge in [-0.25, -0.2) is 4.79 Å². The van der Waals surface area contributed by atoms with Crippen LogP contribution in [0.15, 0.2) is 36.4 Å². The fourth-order valence-corrected chi connectivity index (χ4v) is 3.67. The number of hydrogen-bond donors (Lipinski definition) is 0. The van der Waals surface area contributed by atoms with Crippen LogP contribution in [0, 0.1) is 0 Å². The van der Waals surface area contributed by atoms with Crippen molar-refractivity contribution in [1.82, 2.24) is 0 Å². The number of aryl methyl sites for hydroxylation is 2. The molecule has 4 heteroatoms. The molecule has 0 amide bonds. The molecule has 0 saturated heterocycles. The van der Waals surface area contributed by atoms with Gasteiger partial charge in [-0.15, -0.1) is 11.3 Å². The van der Waals surface area contributed by atoms with E-state index in [9.17, 15) is 9.59 Å². The molecule has 112 valence electrons. The Morgan fingerprint density at radius 3 is 2.86 bits per heavy atom. The highest BCUT2D eigenvalue weighted by atomic mass is 32.1. The van der Waals surface area contributed by atoms with Crippen LogP contribution in [0.25, 0.3) is 6.08 Å². The maximum atomic E-state index is 12.7. The Kier molecular flexibility index (Phi) is 4.20. The van der Waals surface area contributed by atoms with Crippen molar-refractivity contribution in [2.75, 3.05) is 6.61 Å². The van der Waals surface area contributed by atoms with Gasteiger partial charge in [0.25, 0.3) is 0 Å². The summed E-state index contributed by atoms with van der Waals surface area (Å²) in [4.78, 5) is 25.7. The zero-order valence-corrected chi connectivity index (χ0v) is 13.1. The number of fused-ring (bicyclic) bond motifs is 2. The molecule has 1 heterocycles. The Balaban J connectivity index is 1.90. The Labute approximate surface area is 133 Å². The smallest absolute Gasteiger partial charge is 0.330 e. The summed E-state index contributed by atoms with van der Waals surface area (Å²) in [6.45, 7) is 2.13. The van der Waals surface area contributed by atoms with Crippen molar-refractivity contribution in [1.29, 1.82) is 0 Å². The van der Waals surface area contributed by atoms with Crippen molar-refractivity contribution in [2.24, 2.45) is 0 Å². The van der Waals surface area contributed by atoms with Crippen LogP contribution in [0.4, 0.5) is 0 Å². The normalized spacial score (nSPS) is 13.6. The van der Waals surface area contributed by atoms with E-state index in [4.69, 9.17) is 4.74 Å². The topological polar surface area (TPSA) is 43.4 Å². The summed E-state index contributed by atoms with van der Waals surface area (Å²) >= 11 is 1.44. The average molecular weight is 312 g/mol. The first-order chi connectivity index (χ1) is 10.7. The molecule has 2 aromatic rings. The minimum absolute atomic E-state index is 0.0869. The predicted octanol–water partition coefficient (Wildman–Crippen LogP) is 3.65. The summed E-state index contributed by atoms with van der Waals surface area (Å²) in [5, 5.41) is 0. The van der Waals surface area contributed by atoms with E-state index in [-0.39, 0.29) is 11.8 Å². The molecular weight excluding hydrogens is 296 g/mol. The van der Waals surface area contributed by atoms with Crippen LogP contribution in [-0.4, -0.2) is 18.4 Å². The van der Waals surface area contributed by atoms with E-state index in [1.54, 1.807) is 13.0 Å². The molecule has 1 aliphatic carbocycles. The maximum absolute atomic E-state index is 12.7. The highest BCUT2D eigenvalue weighted by Crippen LogP contribution is 2.31. The number of ketones is 1. The monoisotopic (exact) mass is 312 g/mol. The molecule has 0 aliphatic heterocycles. The zero-order valence-electron chi connectivity index (χ0n) is 12.3. The number of esters is 1. The van der Waals surface area contributed by atoms with Crippen molar-refractivity contribution in [3.05, 3.63) is 62.9 Å². The summed E-state index contributed by atoms with van der Waals surface area (Å²) in [5.41, 5.74) is 2.97. The van der Waals surface area contributed by atoms with E-state index in [0.29, 0.717) is 6.61 Å². The van der Waals surface area contributed by atoms with Gasteiger partial charge in [-0.1, -0.05) is 24.3 Å². The summed E-state index contributed by atoms with van der Waals surface area (Å²) in [6.07, 6.45) is 4.85. The lowest BCUT2D eigenvalue weighted by Gasteiger charge is -2.02. The first-order valence-corrected chi connectivity index (χ1v) is 8.11. The van der Waals surface area contributed by atoms with Gasteiger partial charge in [0.2, 0.25) is 5.78 Å². The van der Waals surface area contributed by atoms with Crippen LogP contribution in [0.5, 0.6) is 0 Å². The van der Waals surface area contributed by atoms with Crippen LogP contribution in [0.3, 0.4) is 0 Å². The lowest BCUT2D eigenvalue weighted by atomic mass is 10.0. The predicted molar refractivity (Wildman–Crippen MR) is 87.3 cm³/mol. The molecule has 3 nitrogen and oxygen atoms in total. The molecule has 3 rings (SSSR count). The van der Waals surface area contributed by atoms with Gasteiger partial charge in [0.05, 0.1) is 11.5 Å². The van der Waals surface area contributed by atoms with Gasteiger partial charge < -0.3 is 4.74 Å². The third-order valence-corrected chi connectivity index (χ3v) is 4.77. The van der Waals surface area contributed by atoms with Crippen LogP contribution >= 0.6 is 11.3 Å². The van der Waals surface area contributed by atoms with Crippen LogP contribution in [0.2, 0.25) is 0 Å². The highest BCUT2D eigenvalue weighted by Gasteiger charge is 2.23. The van der Waals surface area contributed by atoms with E-state index >= 15 is 0 Å². The average Bonchev–Trinajstić information content (AvgIpc) is 2.89. The third-order valence-electron chi connectivity index (χ3n) is 3.63. The molecule has 0 atom stereocenters.